The predicted octanol–water partition coefficient (Wildman–Crippen LogP) is 5.28. The standard InChI is InChI=1S/C23H24FN4S/c1-2-28-11-9-17(10-12-28)23-27-20(16-5-7-18(24)8-6-16)22(29-23)21-19(15-3-4-15)13-25-14-26-21/h5-8,13,15,17H,2-4,9-12H2,1H3. The van der Waals surface area contributed by atoms with E-state index in [1.165, 1.54) is 35.5 Å². The lowest BCUT2D eigenvalue weighted by Crippen LogP contribution is -2.32. The monoisotopic (exact) mass is 407 g/mol. The number of nitrogens with zero attached hydrogens (tertiary/aromatic N) is 4. The van der Waals surface area contributed by atoms with Crippen LogP contribution in [-0.4, -0.2) is 39.5 Å². The highest BCUT2D eigenvalue weighted by Crippen LogP contribution is 2.47. The van der Waals surface area contributed by atoms with Crippen LogP contribution in [0.15, 0.2) is 30.5 Å². The zero-order valence-electron chi connectivity index (χ0n) is 16.6. The zero-order chi connectivity index (χ0) is 19.8. The maximum atomic E-state index is 13.5. The van der Waals surface area contributed by atoms with E-state index in [9.17, 15) is 4.39 Å². The van der Waals surface area contributed by atoms with Crippen LogP contribution in [0.4, 0.5) is 4.39 Å². The fourth-order valence-corrected chi connectivity index (χ4v) is 5.42. The van der Waals surface area contributed by atoms with Crippen LogP contribution in [0.2, 0.25) is 0 Å². The average Bonchev–Trinajstić information content (AvgIpc) is 3.53. The van der Waals surface area contributed by atoms with E-state index in [-0.39, 0.29) is 5.82 Å². The summed E-state index contributed by atoms with van der Waals surface area (Å²) < 4.78 is 13.5. The van der Waals surface area contributed by atoms with Crippen LogP contribution in [0.5, 0.6) is 0 Å². The van der Waals surface area contributed by atoms with Crippen molar-refractivity contribution in [2.45, 2.75) is 44.4 Å². The maximum Gasteiger partial charge on any atom is 0.198 e. The summed E-state index contributed by atoms with van der Waals surface area (Å²) in [5.74, 6) is 0.789. The number of aromatic nitrogens is 3. The summed E-state index contributed by atoms with van der Waals surface area (Å²) in [6.45, 7) is 5.57. The molecule has 1 aliphatic carbocycles. The van der Waals surface area contributed by atoms with Crippen LogP contribution < -0.4 is 0 Å². The molecule has 1 radical (unpaired) electrons. The third kappa shape index (κ3) is 3.83. The first-order valence-electron chi connectivity index (χ1n) is 10.4. The summed E-state index contributed by atoms with van der Waals surface area (Å²) in [7, 11) is 0. The summed E-state index contributed by atoms with van der Waals surface area (Å²) >= 11 is 1.75. The van der Waals surface area contributed by atoms with E-state index in [4.69, 9.17) is 4.98 Å². The zero-order valence-corrected chi connectivity index (χ0v) is 17.4. The van der Waals surface area contributed by atoms with Crippen molar-refractivity contribution in [1.29, 1.82) is 0 Å². The molecule has 2 fully saturated rings. The first-order valence-corrected chi connectivity index (χ1v) is 11.3. The van der Waals surface area contributed by atoms with Gasteiger partial charge >= 0.3 is 0 Å². The minimum atomic E-state index is -0.230. The molecular weight excluding hydrogens is 383 g/mol. The number of halogens is 1. The predicted molar refractivity (Wildman–Crippen MR) is 113 cm³/mol. The van der Waals surface area contributed by atoms with E-state index in [2.05, 4.69) is 28.1 Å². The topological polar surface area (TPSA) is 41.9 Å². The lowest BCUT2D eigenvalue weighted by Gasteiger charge is -2.29. The molecule has 4 nitrogen and oxygen atoms in total. The molecule has 0 spiro atoms. The Morgan fingerprint density at radius 2 is 1.83 bits per heavy atom. The Morgan fingerprint density at radius 1 is 1.07 bits per heavy atom. The van der Waals surface area contributed by atoms with Gasteiger partial charge in [0, 0.05) is 23.2 Å². The molecule has 6 heteroatoms. The average molecular weight is 408 g/mol. The second kappa shape index (κ2) is 7.92. The highest BCUT2D eigenvalue weighted by Gasteiger charge is 2.31. The van der Waals surface area contributed by atoms with Gasteiger partial charge in [-0.3, -0.25) is 0 Å². The van der Waals surface area contributed by atoms with Gasteiger partial charge in [-0.2, -0.15) is 0 Å². The van der Waals surface area contributed by atoms with Crippen LogP contribution in [0.3, 0.4) is 0 Å². The van der Waals surface area contributed by atoms with Crippen molar-refractivity contribution in [1.82, 2.24) is 19.9 Å². The minimum Gasteiger partial charge on any atom is -0.304 e. The smallest absolute Gasteiger partial charge is 0.198 e. The Morgan fingerprint density at radius 3 is 2.52 bits per heavy atom. The van der Waals surface area contributed by atoms with Crippen molar-refractivity contribution < 1.29 is 4.39 Å². The van der Waals surface area contributed by atoms with Crippen molar-refractivity contribution in [2.75, 3.05) is 19.6 Å². The summed E-state index contributed by atoms with van der Waals surface area (Å²) in [5, 5.41) is 1.18. The molecule has 149 valence electrons. The third-order valence-electron chi connectivity index (χ3n) is 6.07. The van der Waals surface area contributed by atoms with Gasteiger partial charge in [0.15, 0.2) is 6.33 Å². The molecule has 0 unspecified atom stereocenters. The van der Waals surface area contributed by atoms with Crippen molar-refractivity contribution in [2.24, 2.45) is 0 Å². The molecule has 0 bridgehead atoms. The highest BCUT2D eigenvalue weighted by molar-refractivity contribution is 7.15. The Hall–Kier alpha value is -2.18. The first-order chi connectivity index (χ1) is 14.2. The van der Waals surface area contributed by atoms with E-state index in [0.717, 1.165) is 54.3 Å². The van der Waals surface area contributed by atoms with Crippen LogP contribution in [0.25, 0.3) is 21.8 Å². The van der Waals surface area contributed by atoms with Gasteiger partial charge in [-0.05, 0) is 75.5 Å². The van der Waals surface area contributed by atoms with Gasteiger partial charge in [0.1, 0.15) is 5.82 Å². The van der Waals surface area contributed by atoms with Gasteiger partial charge in [-0.25, -0.2) is 19.3 Å². The second-order valence-corrected chi connectivity index (χ2v) is 9.02. The summed E-state index contributed by atoms with van der Waals surface area (Å²) in [6, 6.07) is 6.65. The third-order valence-corrected chi connectivity index (χ3v) is 7.30. The molecule has 1 aromatic carbocycles. The Bertz CT molecular complexity index is 988. The molecule has 1 saturated heterocycles. The lowest BCUT2D eigenvalue weighted by atomic mass is 9.97. The summed E-state index contributed by atoms with van der Waals surface area (Å²) in [4.78, 5) is 17.4. The molecule has 1 saturated carbocycles. The van der Waals surface area contributed by atoms with E-state index >= 15 is 0 Å². The largest absolute Gasteiger partial charge is 0.304 e. The molecule has 2 aromatic heterocycles. The van der Waals surface area contributed by atoms with E-state index in [1.807, 2.05) is 18.3 Å². The lowest BCUT2D eigenvalue weighted by molar-refractivity contribution is 0.222. The van der Waals surface area contributed by atoms with E-state index in [1.54, 1.807) is 11.3 Å². The number of rotatable bonds is 5. The van der Waals surface area contributed by atoms with Gasteiger partial charge in [-0.15, -0.1) is 11.3 Å². The normalized spacial score (nSPS) is 18.3. The number of hydrogen-bond acceptors (Lipinski definition) is 5. The Kier molecular flexibility index (Phi) is 5.14. The van der Waals surface area contributed by atoms with E-state index < -0.39 is 0 Å². The number of piperidine rings is 1. The fraction of sp³-hybridized carbons (Fsp3) is 0.435. The number of benzene rings is 1. The number of thiazole rings is 1. The van der Waals surface area contributed by atoms with Crippen molar-refractivity contribution in [3.63, 3.8) is 0 Å². The number of hydrogen-bond donors (Lipinski definition) is 0. The molecule has 29 heavy (non-hydrogen) atoms. The molecule has 3 aromatic rings. The first kappa shape index (κ1) is 18.8. The maximum absolute atomic E-state index is 13.5. The molecule has 5 rings (SSSR count). The van der Waals surface area contributed by atoms with Crippen molar-refractivity contribution >= 4 is 11.3 Å². The fourth-order valence-electron chi connectivity index (χ4n) is 4.15. The van der Waals surface area contributed by atoms with Crippen molar-refractivity contribution in [3.05, 3.63) is 53.2 Å². The van der Waals surface area contributed by atoms with Crippen LogP contribution in [0, 0.1) is 12.1 Å². The van der Waals surface area contributed by atoms with Gasteiger partial charge in [0.05, 0.1) is 21.3 Å². The second-order valence-electron chi connectivity index (χ2n) is 7.99. The molecular formula is C23H24FN4S. The van der Waals surface area contributed by atoms with Crippen LogP contribution in [0.1, 0.15) is 55.0 Å². The van der Waals surface area contributed by atoms with Gasteiger partial charge in [-0.1, -0.05) is 6.92 Å². The molecule has 2 aliphatic rings. The highest BCUT2D eigenvalue weighted by atomic mass is 32.1. The summed E-state index contributed by atoms with van der Waals surface area (Å²) in [5.41, 5.74) is 4.01. The van der Waals surface area contributed by atoms with Crippen LogP contribution in [-0.2, 0) is 0 Å². The Balaban J connectivity index is 1.57. The molecule has 3 heterocycles. The molecule has 0 atom stereocenters. The molecule has 1 aliphatic heterocycles. The summed E-state index contributed by atoms with van der Waals surface area (Å²) in [6.07, 6.45) is 9.34. The molecule has 0 amide bonds. The van der Waals surface area contributed by atoms with Gasteiger partial charge in [0.2, 0.25) is 0 Å². The SMILES string of the molecule is CCN1CCC(c2nc(-c3ccc(F)cc3)c(-c3n[c]ncc3C3CC3)s2)CC1. The quantitative estimate of drug-likeness (QED) is 0.577. The van der Waals surface area contributed by atoms with Crippen molar-refractivity contribution in [3.8, 4) is 21.8 Å². The van der Waals surface area contributed by atoms with Gasteiger partial charge in [0.25, 0.3) is 0 Å². The van der Waals surface area contributed by atoms with Gasteiger partial charge < -0.3 is 4.90 Å². The van der Waals surface area contributed by atoms with E-state index in [0.29, 0.717) is 11.8 Å². The Labute approximate surface area is 174 Å². The minimum absolute atomic E-state index is 0.230. The van der Waals surface area contributed by atoms with Crippen LogP contribution >= 0.6 is 11.3 Å². The number of likely N-dealkylation sites (tertiary alicyclic amines) is 1. The molecule has 0 N–H and O–H groups in total.